The van der Waals surface area contributed by atoms with Crippen molar-refractivity contribution in [2.75, 3.05) is 16.6 Å². The van der Waals surface area contributed by atoms with Crippen LogP contribution in [0.1, 0.15) is 30.1 Å². The Labute approximate surface area is 210 Å². The van der Waals surface area contributed by atoms with Crippen LogP contribution in [0, 0.1) is 0 Å². The first-order chi connectivity index (χ1) is 15.8. The van der Waals surface area contributed by atoms with E-state index in [4.69, 9.17) is 17.0 Å². The van der Waals surface area contributed by atoms with Gasteiger partial charge in [0.15, 0.2) is 10.2 Å². The Balaban J connectivity index is 1.63. The molecule has 3 N–H and O–H groups in total. The van der Waals surface area contributed by atoms with E-state index in [0.717, 1.165) is 17.3 Å². The van der Waals surface area contributed by atoms with Crippen molar-refractivity contribution in [3.05, 3.63) is 64.1 Å². The summed E-state index contributed by atoms with van der Waals surface area (Å²) in [4.78, 5) is 16.7. The Hall–Kier alpha value is -2.54. The average Bonchev–Trinajstić information content (AvgIpc) is 3.27. The average molecular weight is 570 g/mol. The molecule has 0 aliphatic carbocycles. The third-order valence-corrected chi connectivity index (χ3v) is 7.12. The molecule has 0 atom stereocenters. The Morgan fingerprint density at radius 2 is 1.97 bits per heavy atom. The number of nitrogens with one attached hydrogen (secondary N) is 3. The summed E-state index contributed by atoms with van der Waals surface area (Å²) in [5, 5.41) is 7.52. The fraction of sp³-hybridized carbons (Fsp3) is 0.190. The summed E-state index contributed by atoms with van der Waals surface area (Å²) in [6, 6.07) is 11.1. The maximum absolute atomic E-state index is 12.8. The number of rotatable bonds is 9. The minimum Gasteiger partial charge on any atom is -0.493 e. The van der Waals surface area contributed by atoms with Gasteiger partial charge in [0.05, 0.1) is 17.1 Å². The summed E-state index contributed by atoms with van der Waals surface area (Å²) >= 11 is 9.79. The molecule has 174 valence electrons. The van der Waals surface area contributed by atoms with Crippen LogP contribution < -0.4 is 20.1 Å². The first-order valence-electron chi connectivity index (χ1n) is 9.85. The van der Waals surface area contributed by atoms with Gasteiger partial charge >= 0.3 is 0 Å². The number of hydrogen-bond donors (Lipinski definition) is 3. The quantitative estimate of drug-likeness (QED) is 0.246. The summed E-state index contributed by atoms with van der Waals surface area (Å²) in [6.07, 6.45) is 3.37. The van der Waals surface area contributed by atoms with Crippen LogP contribution in [0.3, 0.4) is 0 Å². The molecule has 12 heteroatoms. The molecule has 3 aromatic rings. The van der Waals surface area contributed by atoms with Crippen molar-refractivity contribution in [1.29, 1.82) is 0 Å². The number of thiazole rings is 1. The molecule has 1 heterocycles. The summed E-state index contributed by atoms with van der Waals surface area (Å²) in [5.41, 5.74) is 0.862. The second-order valence-electron chi connectivity index (χ2n) is 6.72. The third kappa shape index (κ3) is 7.22. The molecule has 0 saturated heterocycles. The number of carbonyl (C=O) groups is 1. The molecule has 0 aliphatic heterocycles. The number of sulfonamides is 1. The first-order valence-corrected chi connectivity index (χ1v) is 13.4. The predicted octanol–water partition coefficient (Wildman–Crippen LogP) is 5.01. The van der Waals surface area contributed by atoms with Crippen LogP contribution in [0.4, 0.5) is 10.8 Å². The molecule has 0 fully saturated rings. The third-order valence-electron chi connectivity index (χ3n) is 4.25. The summed E-state index contributed by atoms with van der Waals surface area (Å²) in [6.45, 7) is 2.57. The van der Waals surface area contributed by atoms with Crippen molar-refractivity contribution in [3.63, 3.8) is 0 Å². The molecule has 1 aromatic heterocycles. The number of benzene rings is 2. The number of nitrogens with zero attached hydrogens (tertiary/aromatic N) is 1. The molecule has 2 aromatic carbocycles. The molecule has 0 bridgehead atoms. The number of aromatic nitrogens is 1. The lowest BCUT2D eigenvalue weighted by molar-refractivity contribution is 0.0973. The van der Waals surface area contributed by atoms with Gasteiger partial charge in [-0.15, -0.1) is 11.3 Å². The van der Waals surface area contributed by atoms with Gasteiger partial charge in [0.25, 0.3) is 15.9 Å². The van der Waals surface area contributed by atoms with Crippen molar-refractivity contribution >= 4 is 71.3 Å². The fourth-order valence-electron chi connectivity index (χ4n) is 2.63. The summed E-state index contributed by atoms with van der Waals surface area (Å²) < 4.78 is 33.7. The van der Waals surface area contributed by atoms with Crippen molar-refractivity contribution in [1.82, 2.24) is 10.3 Å². The predicted molar refractivity (Wildman–Crippen MR) is 138 cm³/mol. The normalized spacial score (nSPS) is 11.0. The zero-order chi connectivity index (χ0) is 23.8. The molecule has 0 radical (unpaired) electrons. The van der Waals surface area contributed by atoms with Crippen LogP contribution in [0.5, 0.6) is 5.75 Å². The number of ether oxygens (including phenoxy) is 1. The number of unbranched alkanes of at least 4 members (excludes halogenated alkanes) is 1. The van der Waals surface area contributed by atoms with Crippen LogP contribution >= 0.6 is 39.5 Å². The minimum absolute atomic E-state index is 0.0657. The van der Waals surface area contributed by atoms with E-state index in [1.807, 2.05) is 0 Å². The zero-order valence-electron chi connectivity index (χ0n) is 17.5. The molecule has 8 nitrogen and oxygen atoms in total. The highest BCUT2D eigenvalue weighted by Gasteiger charge is 2.17. The number of hydrogen-bond acceptors (Lipinski definition) is 7. The fourth-order valence-corrected chi connectivity index (χ4v) is 4.99. The van der Waals surface area contributed by atoms with Crippen LogP contribution in [-0.2, 0) is 10.0 Å². The van der Waals surface area contributed by atoms with Crippen molar-refractivity contribution in [2.45, 2.75) is 24.7 Å². The lowest BCUT2D eigenvalue weighted by atomic mass is 10.2. The molecule has 1 amide bonds. The molecule has 0 spiro atoms. The van der Waals surface area contributed by atoms with Crippen molar-refractivity contribution in [2.24, 2.45) is 0 Å². The summed E-state index contributed by atoms with van der Waals surface area (Å²) in [5.74, 6) is 0.0429. The SMILES string of the molecule is CCCCOc1ccc(Br)cc1C(=O)NC(=S)Nc1ccc(S(=O)(=O)Nc2nccs2)cc1. The highest BCUT2D eigenvalue weighted by molar-refractivity contribution is 9.10. The Kier molecular flexibility index (Phi) is 8.78. The number of amides is 1. The second kappa shape index (κ2) is 11.5. The van der Waals surface area contributed by atoms with Gasteiger partial charge < -0.3 is 10.1 Å². The van der Waals surface area contributed by atoms with E-state index in [-0.39, 0.29) is 15.1 Å². The van der Waals surface area contributed by atoms with E-state index < -0.39 is 15.9 Å². The molecule has 0 saturated carbocycles. The Morgan fingerprint density at radius 1 is 1.21 bits per heavy atom. The molecule has 33 heavy (non-hydrogen) atoms. The molecular weight excluding hydrogens is 548 g/mol. The maximum Gasteiger partial charge on any atom is 0.263 e. The van der Waals surface area contributed by atoms with Gasteiger partial charge in [-0.25, -0.2) is 13.4 Å². The number of thiocarbonyl (C=S) groups is 1. The van der Waals surface area contributed by atoms with E-state index in [9.17, 15) is 13.2 Å². The molecule has 0 aliphatic rings. The number of carbonyl (C=O) groups excluding carboxylic acids is 1. The highest BCUT2D eigenvalue weighted by Crippen LogP contribution is 2.24. The lowest BCUT2D eigenvalue weighted by Crippen LogP contribution is -2.34. The minimum atomic E-state index is -3.75. The Morgan fingerprint density at radius 3 is 2.64 bits per heavy atom. The topological polar surface area (TPSA) is 109 Å². The monoisotopic (exact) mass is 568 g/mol. The van der Waals surface area contributed by atoms with E-state index >= 15 is 0 Å². The van der Waals surface area contributed by atoms with Gasteiger partial charge in [0, 0.05) is 21.7 Å². The standard InChI is InChI=1S/C21H21BrN4O4S3/c1-2-3-11-30-18-9-4-14(22)13-17(18)19(27)25-20(31)24-15-5-7-16(8-6-15)33(28,29)26-21-23-10-12-32-21/h4-10,12-13H,2-3,11H2,1H3,(H,23,26)(H2,24,25,27,31). The molecule has 0 unspecified atom stereocenters. The Bertz CT molecular complexity index is 1220. The van der Waals surface area contributed by atoms with E-state index in [1.54, 1.807) is 35.7 Å². The second-order valence-corrected chi connectivity index (χ2v) is 10.6. The highest BCUT2D eigenvalue weighted by atomic mass is 79.9. The van der Waals surface area contributed by atoms with Gasteiger partial charge in [0.1, 0.15) is 5.75 Å². The van der Waals surface area contributed by atoms with Crippen LogP contribution in [-0.4, -0.2) is 31.0 Å². The lowest BCUT2D eigenvalue weighted by Gasteiger charge is -2.14. The van der Waals surface area contributed by atoms with Crippen LogP contribution in [0.15, 0.2) is 63.4 Å². The number of halogens is 1. The van der Waals surface area contributed by atoms with E-state index in [1.165, 1.54) is 29.7 Å². The van der Waals surface area contributed by atoms with Crippen molar-refractivity contribution < 1.29 is 17.9 Å². The van der Waals surface area contributed by atoms with E-state index in [0.29, 0.717) is 23.6 Å². The first kappa shape index (κ1) is 25.1. The van der Waals surface area contributed by atoms with E-state index in [2.05, 4.69) is 43.2 Å². The van der Waals surface area contributed by atoms with Crippen molar-refractivity contribution in [3.8, 4) is 5.75 Å². The largest absolute Gasteiger partial charge is 0.493 e. The van der Waals surface area contributed by atoms with Crippen LogP contribution in [0.2, 0.25) is 0 Å². The van der Waals surface area contributed by atoms with Gasteiger partial charge in [-0.05, 0) is 61.1 Å². The van der Waals surface area contributed by atoms with Gasteiger partial charge in [-0.3, -0.25) is 14.8 Å². The van der Waals surface area contributed by atoms with Crippen LogP contribution in [0.25, 0.3) is 0 Å². The molecular formula is C21H21BrN4O4S3. The van der Waals surface area contributed by atoms with Gasteiger partial charge in [0.2, 0.25) is 0 Å². The van der Waals surface area contributed by atoms with Gasteiger partial charge in [-0.2, -0.15) is 0 Å². The molecule has 3 rings (SSSR count). The maximum atomic E-state index is 12.8. The zero-order valence-corrected chi connectivity index (χ0v) is 21.5. The number of anilines is 2. The summed E-state index contributed by atoms with van der Waals surface area (Å²) in [7, 11) is -3.75. The van der Waals surface area contributed by atoms with Gasteiger partial charge in [-0.1, -0.05) is 29.3 Å². The smallest absolute Gasteiger partial charge is 0.263 e.